The van der Waals surface area contributed by atoms with Gasteiger partial charge in [-0.1, -0.05) is 66.7 Å². The summed E-state index contributed by atoms with van der Waals surface area (Å²) < 4.78 is 20.1. The maximum Gasteiger partial charge on any atom is 0.330 e. The molecule has 3 aromatic rings. The highest BCUT2D eigenvalue weighted by molar-refractivity contribution is 5.81. The Kier molecular flexibility index (Phi) is 8.34. The van der Waals surface area contributed by atoms with Crippen LogP contribution in [0.5, 0.6) is 0 Å². The fourth-order valence-corrected chi connectivity index (χ4v) is 3.71. The smallest absolute Gasteiger partial charge is 0.330 e. The first-order valence-corrected chi connectivity index (χ1v) is 10.9. The van der Waals surface area contributed by atoms with Gasteiger partial charge in [-0.3, -0.25) is 0 Å². The van der Waals surface area contributed by atoms with Gasteiger partial charge in [0.25, 0.3) is 0 Å². The molecule has 0 aliphatic carbocycles. The Hall–Kier alpha value is -3.24. The number of hydrogen-bond acceptors (Lipinski definition) is 3. The molecule has 0 atom stereocenters. The predicted octanol–water partition coefficient (Wildman–Crippen LogP) is 6.05. The fourth-order valence-electron chi connectivity index (χ4n) is 3.71. The minimum Gasteiger partial charge on any atom is -0.463 e. The lowest BCUT2D eigenvalue weighted by Gasteiger charge is -2.13. The minimum atomic E-state index is -0.435. The number of esters is 1. The molecule has 3 rings (SSSR count). The van der Waals surface area contributed by atoms with E-state index < -0.39 is 5.97 Å². The number of aryl methyl sites for hydroxylation is 3. The lowest BCUT2D eigenvalue weighted by atomic mass is 9.93. The second kappa shape index (κ2) is 11.4. The Balaban J connectivity index is 1.83. The van der Waals surface area contributed by atoms with Crippen LogP contribution in [0.1, 0.15) is 29.5 Å². The molecule has 0 aliphatic heterocycles. The van der Waals surface area contributed by atoms with E-state index in [1.54, 1.807) is 6.07 Å². The molecule has 0 spiro atoms. The van der Waals surface area contributed by atoms with Crippen LogP contribution in [0.15, 0.2) is 73.3 Å². The molecule has 1 N–H and O–H groups in total. The minimum absolute atomic E-state index is 0.118. The highest BCUT2D eigenvalue weighted by Gasteiger charge is 2.11. The van der Waals surface area contributed by atoms with Gasteiger partial charge in [-0.15, -0.1) is 0 Å². The molecule has 0 saturated heterocycles. The quantitative estimate of drug-likeness (QED) is 0.241. The summed E-state index contributed by atoms with van der Waals surface area (Å²) in [5, 5.41) is 9.21. The van der Waals surface area contributed by atoms with Crippen molar-refractivity contribution in [3.63, 3.8) is 0 Å². The molecule has 0 radical (unpaired) electrons. The van der Waals surface area contributed by atoms with Crippen LogP contribution in [-0.4, -0.2) is 24.3 Å². The molecule has 0 aliphatic rings. The number of ether oxygens (including phenoxy) is 1. The zero-order valence-electron chi connectivity index (χ0n) is 18.4. The maximum absolute atomic E-state index is 15.1. The number of aliphatic hydroxyl groups excluding tert-OH is 1. The maximum atomic E-state index is 15.1. The molecule has 0 aromatic heterocycles. The van der Waals surface area contributed by atoms with Crippen molar-refractivity contribution in [3.8, 4) is 22.3 Å². The number of carbonyl (C=O) groups is 1. The van der Waals surface area contributed by atoms with Crippen LogP contribution < -0.4 is 0 Å². The normalized spacial score (nSPS) is 10.7. The summed E-state index contributed by atoms with van der Waals surface area (Å²) in [6.07, 6.45) is 3.91. The molecule has 3 aromatic carbocycles. The molecule has 32 heavy (non-hydrogen) atoms. The van der Waals surface area contributed by atoms with Gasteiger partial charge in [0.2, 0.25) is 0 Å². The molecular formula is C28H29FO3. The number of hydrogen-bond donors (Lipinski definition) is 1. The molecule has 0 heterocycles. The molecule has 0 amide bonds. The van der Waals surface area contributed by atoms with Crippen molar-refractivity contribution >= 4 is 5.97 Å². The van der Waals surface area contributed by atoms with Crippen molar-refractivity contribution in [1.29, 1.82) is 0 Å². The highest BCUT2D eigenvalue weighted by Crippen LogP contribution is 2.30. The first-order chi connectivity index (χ1) is 15.5. The van der Waals surface area contributed by atoms with Crippen molar-refractivity contribution in [1.82, 2.24) is 0 Å². The monoisotopic (exact) mass is 432 g/mol. The SMILES string of the molecule is C=CC(=O)OCCCc1cc(-c2ccc(-c3ccc(C)cc3)cc2F)ccc1CCCO. The van der Waals surface area contributed by atoms with E-state index in [-0.39, 0.29) is 12.4 Å². The summed E-state index contributed by atoms with van der Waals surface area (Å²) in [6.45, 7) is 5.84. The third kappa shape index (κ3) is 6.14. The lowest BCUT2D eigenvalue weighted by Crippen LogP contribution is -2.04. The number of benzene rings is 3. The fraction of sp³-hybridized carbons (Fsp3) is 0.250. The van der Waals surface area contributed by atoms with Crippen molar-refractivity contribution in [2.24, 2.45) is 0 Å². The van der Waals surface area contributed by atoms with Gasteiger partial charge in [-0.05, 0) is 66.5 Å². The van der Waals surface area contributed by atoms with Gasteiger partial charge >= 0.3 is 5.97 Å². The van der Waals surface area contributed by atoms with E-state index >= 15 is 4.39 Å². The van der Waals surface area contributed by atoms with E-state index in [4.69, 9.17) is 4.74 Å². The molecule has 4 heteroatoms. The van der Waals surface area contributed by atoms with E-state index in [0.717, 1.165) is 40.3 Å². The summed E-state index contributed by atoms with van der Waals surface area (Å²) in [5.41, 5.74) is 6.55. The van der Waals surface area contributed by atoms with E-state index in [2.05, 4.69) is 6.58 Å². The van der Waals surface area contributed by atoms with Crippen LogP contribution in [0.3, 0.4) is 0 Å². The first kappa shape index (κ1) is 23.4. The average Bonchev–Trinajstić information content (AvgIpc) is 2.81. The molecule has 3 nitrogen and oxygen atoms in total. The largest absolute Gasteiger partial charge is 0.463 e. The third-order valence-corrected chi connectivity index (χ3v) is 5.48. The Labute approximate surface area is 189 Å². The Morgan fingerprint density at radius 3 is 2.31 bits per heavy atom. The Morgan fingerprint density at radius 2 is 1.62 bits per heavy atom. The van der Waals surface area contributed by atoms with Gasteiger partial charge in [0.15, 0.2) is 0 Å². The summed E-state index contributed by atoms with van der Waals surface area (Å²) >= 11 is 0. The summed E-state index contributed by atoms with van der Waals surface area (Å²) in [7, 11) is 0. The average molecular weight is 433 g/mol. The van der Waals surface area contributed by atoms with Gasteiger partial charge < -0.3 is 9.84 Å². The topological polar surface area (TPSA) is 46.5 Å². The summed E-state index contributed by atoms with van der Waals surface area (Å²) in [5.74, 6) is -0.702. The molecule has 0 unspecified atom stereocenters. The van der Waals surface area contributed by atoms with Gasteiger partial charge in [0.05, 0.1) is 6.61 Å². The molecule has 0 bridgehead atoms. The molecular weight excluding hydrogens is 403 g/mol. The zero-order valence-corrected chi connectivity index (χ0v) is 18.4. The van der Waals surface area contributed by atoms with Crippen LogP contribution in [-0.2, 0) is 22.4 Å². The molecule has 0 saturated carbocycles. The number of rotatable bonds is 10. The van der Waals surface area contributed by atoms with E-state index in [9.17, 15) is 9.90 Å². The van der Waals surface area contributed by atoms with Gasteiger partial charge in [0, 0.05) is 18.2 Å². The van der Waals surface area contributed by atoms with Crippen LogP contribution in [0, 0.1) is 12.7 Å². The Morgan fingerprint density at radius 1 is 0.938 bits per heavy atom. The van der Waals surface area contributed by atoms with Crippen molar-refractivity contribution < 1.29 is 19.0 Å². The van der Waals surface area contributed by atoms with Crippen LogP contribution in [0.2, 0.25) is 0 Å². The lowest BCUT2D eigenvalue weighted by molar-refractivity contribution is -0.137. The van der Waals surface area contributed by atoms with E-state index in [1.165, 1.54) is 5.56 Å². The van der Waals surface area contributed by atoms with Crippen LogP contribution in [0.25, 0.3) is 22.3 Å². The van der Waals surface area contributed by atoms with Gasteiger partial charge in [-0.25, -0.2) is 9.18 Å². The number of carbonyl (C=O) groups excluding carboxylic acids is 1. The van der Waals surface area contributed by atoms with Crippen LogP contribution in [0.4, 0.5) is 4.39 Å². The van der Waals surface area contributed by atoms with Crippen molar-refractivity contribution in [3.05, 3.63) is 95.8 Å². The van der Waals surface area contributed by atoms with Gasteiger partial charge in [0.1, 0.15) is 5.82 Å². The summed E-state index contributed by atoms with van der Waals surface area (Å²) in [6, 6.07) is 19.3. The summed E-state index contributed by atoms with van der Waals surface area (Å²) in [4.78, 5) is 11.2. The number of halogens is 1. The third-order valence-electron chi connectivity index (χ3n) is 5.48. The number of aliphatic hydroxyl groups is 1. The van der Waals surface area contributed by atoms with Crippen LogP contribution >= 0.6 is 0 Å². The van der Waals surface area contributed by atoms with Crippen molar-refractivity contribution in [2.45, 2.75) is 32.6 Å². The van der Waals surface area contributed by atoms with E-state index in [0.29, 0.717) is 31.4 Å². The zero-order chi connectivity index (χ0) is 22.9. The standard InChI is InChI=1S/C28H29FO3/c1-3-28(31)32-17-5-7-23-18-25(13-12-21(23)6-4-16-30)26-15-14-24(19-27(26)29)22-10-8-20(2)9-11-22/h3,8-15,18-19,30H,1,4-7,16-17H2,2H3. The molecule has 0 fully saturated rings. The van der Waals surface area contributed by atoms with E-state index in [1.807, 2.05) is 61.5 Å². The van der Waals surface area contributed by atoms with Crippen molar-refractivity contribution in [2.75, 3.05) is 13.2 Å². The Bertz CT molecular complexity index is 1070. The van der Waals surface area contributed by atoms with Gasteiger partial charge in [-0.2, -0.15) is 0 Å². The molecule has 166 valence electrons. The second-order valence-corrected chi connectivity index (χ2v) is 7.85. The first-order valence-electron chi connectivity index (χ1n) is 10.9. The second-order valence-electron chi connectivity index (χ2n) is 7.85. The highest BCUT2D eigenvalue weighted by atomic mass is 19.1. The predicted molar refractivity (Wildman–Crippen MR) is 127 cm³/mol.